The fourth-order valence-electron chi connectivity index (χ4n) is 6.67. The summed E-state index contributed by atoms with van der Waals surface area (Å²) in [7, 11) is 1.60. The number of carbonyl (C=O) groups excluding carboxylic acids is 2. The summed E-state index contributed by atoms with van der Waals surface area (Å²) in [6.45, 7) is 13.6. The van der Waals surface area contributed by atoms with Crippen LogP contribution in [0.25, 0.3) is 0 Å². The van der Waals surface area contributed by atoms with Crippen LogP contribution >= 0.6 is 23.2 Å². The second kappa shape index (κ2) is 13.4. The van der Waals surface area contributed by atoms with Gasteiger partial charge in [0.05, 0.1) is 12.5 Å². The summed E-state index contributed by atoms with van der Waals surface area (Å²) in [6, 6.07) is 12.3. The summed E-state index contributed by atoms with van der Waals surface area (Å²) in [5, 5.41) is 9.94. The predicted molar refractivity (Wildman–Crippen MR) is 181 cm³/mol. The van der Waals surface area contributed by atoms with Crippen LogP contribution in [0, 0.1) is 16.7 Å². The molecule has 2 amide bonds. The first kappa shape index (κ1) is 35.0. The van der Waals surface area contributed by atoms with E-state index in [-0.39, 0.29) is 41.7 Å². The fourth-order valence-corrected chi connectivity index (χ4v) is 7.20. The Morgan fingerprint density at radius 2 is 1.60 bits per heavy atom. The number of carboxylic acids is 1. The van der Waals surface area contributed by atoms with E-state index in [1.165, 1.54) is 4.90 Å². The molecule has 2 aromatic rings. The van der Waals surface area contributed by atoms with Crippen molar-refractivity contribution in [3.05, 3.63) is 69.2 Å². The molecule has 1 atom stereocenters. The zero-order valence-corrected chi connectivity index (χ0v) is 29.1. The van der Waals surface area contributed by atoms with Crippen LogP contribution < -0.4 is 0 Å². The third-order valence-electron chi connectivity index (χ3n) is 9.37. The molecule has 1 aliphatic heterocycles. The topological polar surface area (TPSA) is 90.3 Å². The maximum absolute atomic E-state index is 14.6. The van der Waals surface area contributed by atoms with Gasteiger partial charge < -0.3 is 14.9 Å². The summed E-state index contributed by atoms with van der Waals surface area (Å²) in [5.74, 6) is -0.799. The quantitative estimate of drug-likeness (QED) is 0.293. The van der Waals surface area contributed by atoms with Crippen LogP contribution in [0.5, 0.6) is 0 Å². The molecule has 2 aliphatic rings. The molecule has 0 bridgehead atoms. The van der Waals surface area contributed by atoms with E-state index < -0.39 is 11.6 Å². The van der Waals surface area contributed by atoms with Crippen LogP contribution in [0.4, 0.5) is 0 Å². The SMILES string of the molecule is CN(CCC(=O)O)C(=O)c1ccc([C@@H](CCC(C)(C)C)N2C(=O)C(c3cc(Cl)cc(Cl)c3)=NC23CCC(C(C)(C)C)CC3)cc1. The number of rotatable bonds is 9. The minimum absolute atomic E-state index is 0.0327. The van der Waals surface area contributed by atoms with Crippen molar-refractivity contribution in [1.82, 2.24) is 9.80 Å². The van der Waals surface area contributed by atoms with Crippen LogP contribution in [0.2, 0.25) is 10.0 Å². The van der Waals surface area contributed by atoms with Gasteiger partial charge in [-0.05, 0) is 91.2 Å². The van der Waals surface area contributed by atoms with E-state index in [2.05, 4.69) is 41.5 Å². The molecule has 7 nitrogen and oxygen atoms in total. The number of nitrogens with zero attached hydrogens (tertiary/aromatic N) is 3. The number of hydrogen-bond acceptors (Lipinski definition) is 4. The monoisotopic (exact) mass is 655 g/mol. The molecule has 1 heterocycles. The van der Waals surface area contributed by atoms with E-state index in [0.717, 1.165) is 44.1 Å². The Bertz CT molecular complexity index is 1430. The summed E-state index contributed by atoms with van der Waals surface area (Å²) in [6.07, 6.45) is 4.92. The number of hydrogen-bond donors (Lipinski definition) is 1. The average molecular weight is 657 g/mol. The van der Waals surface area contributed by atoms with E-state index in [4.69, 9.17) is 33.3 Å². The molecular formula is C36H47Cl2N3O4. The summed E-state index contributed by atoms with van der Waals surface area (Å²) in [4.78, 5) is 47.4. The lowest BCUT2D eigenvalue weighted by molar-refractivity contribution is -0.137. The van der Waals surface area contributed by atoms with Gasteiger partial charge in [0.1, 0.15) is 11.4 Å². The van der Waals surface area contributed by atoms with Gasteiger partial charge in [0.2, 0.25) is 0 Å². The maximum Gasteiger partial charge on any atom is 0.305 e. The zero-order valence-electron chi connectivity index (χ0n) is 27.6. The number of carboxylic acid groups (broad SMARTS) is 1. The molecule has 0 radical (unpaired) electrons. The molecule has 1 fully saturated rings. The number of amides is 2. The van der Waals surface area contributed by atoms with Crippen molar-refractivity contribution in [2.24, 2.45) is 21.7 Å². The predicted octanol–water partition coefficient (Wildman–Crippen LogP) is 8.67. The van der Waals surface area contributed by atoms with Crippen LogP contribution in [0.1, 0.15) is 114 Å². The lowest BCUT2D eigenvalue weighted by Gasteiger charge is -2.47. The Balaban J connectivity index is 1.76. The molecule has 2 aromatic carbocycles. The molecule has 1 saturated carbocycles. The Kier molecular flexibility index (Phi) is 10.4. The van der Waals surface area contributed by atoms with Crippen molar-refractivity contribution in [3.8, 4) is 0 Å². The highest BCUT2D eigenvalue weighted by Crippen LogP contribution is 2.50. The minimum Gasteiger partial charge on any atom is -0.481 e. The Hall–Kier alpha value is -2.90. The zero-order chi connectivity index (χ0) is 33.3. The fraction of sp³-hybridized carbons (Fsp3) is 0.556. The van der Waals surface area contributed by atoms with E-state index >= 15 is 0 Å². The third kappa shape index (κ3) is 8.28. The Labute approximate surface area is 278 Å². The second-order valence-electron chi connectivity index (χ2n) is 15.0. The van der Waals surface area contributed by atoms with Crippen molar-refractivity contribution in [1.29, 1.82) is 0 Å². The van der Waals surface area contributed by atoms with Crippen LogP contribution in [-0.2, 0) is 9.59 Å². The van der Waals surface area contributed by atoms with Gasteiger partial charge in [0.25, 0.3) is 11.8 Å². The highest BCUT2D eigenvalue weighted by Gasteiger charge is 2.52. The van der Waals surface area contributed by atoms with Crippen molar-refractivity contribution >= 4 is 46.7 Å². The first-order chi connectivity index (χ1) is 20.9. The largest absolute Gasteiger partial charge is 0.481 e. The van der Waals surface area contributed by atoms with Crippen molar-refractivity contribution in [3.63, 3.8) is 0 Å². The van der Waals surface area contributed by atoms with Gasteiger partial charge in [-0.25, -0.2) is 0 Å². The first-order valence-electron chi connectivity index (χ1n) is 15.9. The Morgan fingerprint density at radius 1 is 1.02 bits per heavy atom. The standard InChI is InChI=1S/C36H47Cl2N3O4/c1-34(2,3)16-14-29(23-8-10-24(11-9-23)32(44)40(7)19-15-30(42)43)41-33(45)31(25-20-27(37)22-28(38)21-25)39-36(41)17-12-26(13-18-36)35(4,5)6/h8-11,20-22,26,29H,12-19H2,1-7H3,(H,42,43)/t26?,29-,36?/m1/s1. The number of aliphatic carboxylic acids is 1. The number of halogens is 2. The van der Waals surface area contributed by atoms with E-state index in [9.17, 15) is 14.4 Å². The molecular weight excluding hydrogens is 609 g/mol. The molecule has 0 unspecified atom stereocenters. The third-order valence-corrected chi connectivity index (χ3v) is 9.80. The van der Waals surface area contributed by atoms with E-state index in [1.54, 1.807) is 37.4 Å². The number of benzene rings is 2. The molecule has 4 rings (SSSR count). The van der Waals surface area contributed by atoms with Crippen LogP contribution in [-0.4, -0.2) is 57.7 Å². The first-order valence-corrected chi connectivity index (χ1v) is 16.6. The normalized spacial score (nSPS) is 21.2. The summed E-state index contributed by atoms with van der Waals surface area (Å²) >= 11 is 12.8. The summed E-state index contributed by atoms with van der Waals surface area (Å²) < 4.78 is 0. The highest BCUT2D eigenvalue weighted by atomic mass is 35.5. The van der Waals surface area contributed by atoms with Gasteiger partial charge in [-0.2, -0.15) is 0 Å². The smallest absolute Gasteiger partial charge is 0.305 e. The molecule has 244 valence electrons. The lowest BCUT2D eigenvalue weighted by Crippen LogP contribution is -2.51. The van der Waals surface area contributed by atoms with Gasteiger partial charge >= 0.3 is 5.97 Å². The van der Waals surface area contributed by atoms with E-state index in [0.29, 0.717) is 32.8 Å². The average Bonchev–Trinajstić information content (AvgIpc) is 3.21. The van der Waals surface area contributed by atoms with Crippen molar-refractivity contribution in [2.45, 2.75) is 98.2 Å². The van der Waals surface area contributed by atoms with Gasteiger partial charge in [0, 0.05) is 34.8 Å². The maximum atomic E-state index is 14.6. The molecule has 9 heteroatoms. The number of aliphatic imine (C=N–C) groups is 1. The number of carbonyl (C=O) groups is 3. The molecule has 0 aromatic heterocycles. The Morgan fingerprint density at radius 3 is 2.11 bits per heavy atom. The minimum atomic E-state index is -0.950. The lowest BCUT2D eigenvalue weighted by atomic mass is 9.69. The highest BCUT2D eigenvalue weighted by molar-refractivity contribution is 6.47. The molecule has 1 N–H and O–H groups in total. The van der Waals surface area contributed by atoms with Gasteiger partial charge in [-0.15, -0.1) is 0 Å². The molecule has 0 saturated heterocycles. The van der Waals surface area contributed by atoms with Gasteiger partial charge in [-0.1, -0.05) is 76.9 Å². The van der Waals surface area contributed by atoms with Gasteiger partial charge in [0.15, 0.2) is 0 Å². The molecule has 1 aliphatic carbocycles. The van der Waals surface area contributed by atoms with Crippen molar-refractivity contribution in [2.75, 3.05) is 13.6 Å². The van der Waals surface area contributed by atoms with Crippen LogP contribution in [0.15, 0.2) is 47.5 Å². The van der Waals surface area contributed by atoms with Gasteiger partial charge in [-0.3, -0.25) is 19.4 Å². The van der Waals surface area contributed by atoms with Crippen molar-refractivity contribution < 1.29 is 19.5 Å². The van der Waals surface area contributed by atoms with Crippen LogP contribution in [0.3, 0.4) is 0 Å². The van der Waals surface area contributed by atoms with E-state index in [1.807, 2.05) is 17.0 Å². The molecule has 1 spiro atoms. The summed E-state index contributed by atoms with van der Waals surface area (Å²) in [5.41, 5.74) is 1.92. The second-order valence-corrected chi connectivity index (χ2v) is 15.9. The molecule has 45 heavy (non-hydrogen) atoms.